The average molecular weight is 287 g/mol. The Morgan fingerprint density at radius 2 is 2.19 bits per heavy atom. The van der Waals surface area contributed by atoms with Crippen molar-refractivity contribution in [2.45, 2.75) is 6.54 Å². The van der Waals surface area contributed by atoms with Crippen molar-refractivity contribution in [3.63, 3.8) is 0 Å². The molecule has 0 aliphatic heterocycles. The van der Waals surface area contributed by atoms with Crippen LogP contribution in [0, 0.1) is 10.1 Å². The number of benzene rings is 1. The van der Waals surface area contributed by atoms with E-state index in [-0.39, 0.29) is 11.4 Å². The van der Waals surface area contributed by atoms with Gasteiger partial charge >= 0.3 is 5.97 Å². The number of non-ortho nitro benzene ring substituents is 1. The van der Waals surface area contributed by atoms with Crippen molar-refractivity contribution >= 4 is 22.6 Å². The zero-order valence-corrected chi connectivity index (χ0v) is 10.6. The molecule has 0 radical (unpaired) electrons. The number of fused-ring (bicyclic) bond motifs is 1. The minimum absolute atomic E-state index is 0.0214. The summed E-state index contributed by atoms with van der Waals surface area (Å²) < 4.78 is 6.75. The highest BCUT2D eigenvalue weighted by Gasteiger charge is 2.13. The van der Waals surface area contributed by atoms with E-state index in [2.05, 4.69) is 5.16 Å². The van der Waals surface area contributed by atoms with Gasteiger partial charge in [-0.1, -0.05) is 5.16 Å². The highest BCUT2D eigenvalue weighted by atomic mass is 16.6. The highest BCUT2D eigenvalue weighted by molar-refractivity contribution is 5.85. The van der Waals surface area contributed by atoms with Crippen molar-refractivity contribution < 1.29 is 19.3 Å². The predicted molar refractivity (Wildman–Crippen MR) is 71.2 cm³/mol. The number of hydrogen-bond donors (Lipinski definition) is 1. The maximum Gasteiger partial charge on any atom is 0.358 e. The molecule has 3 rings (SSSR count). The first-order valence-electron chi connectivity index (χ1n) is 5.97. The molecule has 1 N–H and O–H groups in total. The number of rotatable bonds is 4. The molecule has 0 saturated carbocycles. The van der Waals surface area contributed by atoms with Crippen LogP contribution in [0.15, 0.2) is 41.1 Å². The second kappa shape index (κ2) is 4.75. The summed E-state index contributed by atoms with van der Waals surface area (Å²) in [5.74, 6) is -0.763. The molecular weight excluding hydrogens is 278 g/mol. The Balaban J connectivity index is 1.93. The fraction of sp³-hybridized carbons (Fsp3) is 0.0769. The molecular formula is C13H9N3O5. The van der Waals surface area contributed by atoms with E-state index in [9.17, 15) is 14.9 Å². The lowest BCUT2D eigenvalue weighted by molar-refractivity contribution is -0.384. The van der Waals surface area contributed by atoms with Gasteiger partial charge in [0.05, 0.1) is 11.5 Å². The third kappa shape index (κ3) is 2.34. The first-order valence-corrected chi connectivity index (χ1v) is 5.97. The first-order chi connectivity index (χ1) is 10.0. The smallest absolute Gasteiger partial charge is 0.358 e. The largest absolute Gasteiger partial charge is 0.476 e. The number of nitro benzene ring substituents is 1. The van der Waals surface area contributed by atoms with Crippen molar-refractivity contribution in [2.75, 3.05) is 0 Å². The summed E-state index contributed by atoms with van der Waals surface area (Å²) in [6.45, 7) is 0.293. The van der Waals surface area contributed by atoms with Crippen molar-refractivity contribution in [1.82, 2.24) is 9.72 Å². The number of nitrogens with zero attached hydrogens (tertiary/aromatic N) is 3. The number of aromatic nitrogens is 2. The lowest BCUT2D eigenvalue weighted by atomic mass is 10.2. The SMILES string of the molecule is O=C(O)c1cc(Cn2ccc3cc([N+](=O)[O-])ccc32)on1. The zero-order valence-electron chi connectivity index (χ0n) is 10.6. The van der Waals surface area contributed by atoms with Crippen LogP contribution in [0.3, 0.4) is 0 Å². The summed E-state index contributed by atoms with van der Waals surface area (Å²) in [6.07, 6.45) is 1.75. The van der Waals surface area contributed by atoms with Crippen molar-refractivity contribution in [3.8, 4) is 0 Å². The Hall–Kier alpha value is -3.16. The fourth-order valence-corrected chi connectivity index (χ4v) is 2.10. The Labute approximate surface area is 117 Å². The van der Waals surface area contributed by atoms with Gasteiger partial charge in [0.25, 0.3) is 5.69 Å². The number of carboxylic acid groups (broad SMARTS) is 1. The summed E-state index contributed by atoms with van der Waals surface area (Å²) in [4.78, 5) is 21.0. The average Bonchev–Trinajstić information content (AvgIpc) is 3.06. The minimum Gasteiger partial charge on any atom is -0.476 e. The van der Waals surface area contributed by atoms with E-state index in [1.807, 2.05) is 0 Å². The normalized spacial score (nSPS) is 10.9. The zero-order chi connectivity index (χ0) is 15.0. The Morgan fingerprint density at radius 3 is 2.86 bits per heavy atom. The molecule has 2 aromatic heterocycles. The number of carboxylic acids is 1. The molecule has 8 heteroatoms. The van der Waals surface area contributed by atoms with E-state index < -0.39 is 10.9 Å². The molecule has 0 fully saturated rings. The summed E-state index contributed by atoms with van der Waals surface area (Å²) in [6, 6.07) is 7.63. The third-order valence-corrected chi connectivity index (χ3v) is 3.07. The Kier molecular flexibility index (Phi) is 2.90. The summed E-state index contributed by atoms with van der Waals surface area (Å²) in [5, 5.41) is 23.7. The van der Waals surface area contributed by atoms with Crippen LogP contribution in [-0.2, 0) is 6.54 Å². The number of aromatic carboxylic acids is 1. The molecule has 0 saturated heterocycles. The van der Waals surface area contributed by atoms with Crippen LogP contribution in [0.2, 0.25) is 0 Å². The monoisotopic (exact) mass is 287 g/mol. The van der Waals surface area contributed by atoms with Crippen molar-refractivity contribution in [1.29, 1.82) is 0 Å². The molecule has 0 aliphatic carbocycles. The van der Waals surface area contributed by atoms with Crippen molar-refractivity contribution in [3.05, 3.63) is 58.1 Å². The lowest BCUT2D eigenvalue weighted by Gasteiger charge is -2.01. The molecule has 0 amide bonds. The third-order valence-electron chi connectivity index (χ3n) is 3.07. The number of hydrogen-bond acceptors (Lipinski definition) is 5. The highest BCUT2D eigenvalue weighted by Crippen LogP contribution is 2.22. The lowest BCUT2D eigenvalue weighted by Crippen LogP contribution is -1.97. The molecule has 8 nitrogen and oxygen atoms in total. The Morgan fingerprint density at radius 1 is 1.38 bits per heavy atom. The summed E-state index contributed by atoms with van der Waals surface area (Å²) >= 11 is 0. The number of nitro groups is 1. The van der Waals surface area contributed by atoms with E-state index in [0.717, 1.165) is 10.9 Å². The van der Waals surface area contributed by atoms with E-state index in [1.165, 1.54) is 18.2 Å². The summed E-state index contributed by atoms with van der Waals surface area (Å²) in [7, 11) is 0. The van der Waals surface area contributed by atoms with Crippen LogP contribution >= 0.6 is 0 Å². The molecule has 21 heavy (non-hydrogen) atoms. The molecule has 3 aromatic rings. The second-order valence-corrected chi connectivity index (χ2v) is 4.43. The molecule has 1 aromatic carbocycles. The second-order valence-electron chi connectivity index (χ2n) is 4.43. The van der Waals surface area contributed by atoms with Crippen LogP contribution in [0.25, 0.3) is 10.9 Å². The van der Waals surface area contributed by atoms with Gasteiger partial charge in [0.1, 0.15) is 0 Å². The van der Waals surface area contributed by atoms with Gasteiger partial charge in [-0.2, -0.15) is 0 Å². The Bertz CT molecular complexity index is 848. The summed E-state index contributed by atoms with van der Waals surface area (Å²) in [5.41, 5.74) is 0.652. The molecule has 0 aliphatic rings. The first kappa shape index (κ1) is 12.9. The van der Waals surface area contributed by atoms with Gasteiger partial charge in [0.2, 0.25) is 0 Å². The van der Waals surface area contributed by atoms with Gasteiger partial charge < -0.3 is 14.2 Å². The molecule has 2 heterocycles. The molecule has 0 spiro atoms. The van der Waals surface area contributed by atoms with Gasteiger partial charge in [0.15, 0.2) is 11.5 Å². The molecule has 106 valence electrons. The predicted octanol–water partition coefficient (Wildman–Crippen LogP) is 2.28. The molecule has 0 unspecified atom stereocenters. The van der Waals surface area contributed by atoms with E-state index in [1.54, 1.807) is 22.9 Å². The van der Waals surface area contributed by atoms with Crippen LogP contribution in [-0.4, -0.2) is 25.7 Å². The van der Waals surface area contributed by atoms with Gasteiger partial charge in [0, 0.05) is 35.3 Å². The van der Waals surface area contributed by atoms with Gasteiger partial charge in [-0.05, 0) is 12.1 Å². The molecule has 0 bridgehead atoms. The van der Waals surface area contributed by atoms with Crippen LogP contribution in [0.5, 0.6) is 0 Å². The van der Waals surface area contributed by atoms with Gasteiger partial charge in [-0.15, -0.1) is 0 Å². The van der Waals surface area contributed by atoms with Crippen LogP contribution < -0.4 is 0 Å². The number of carbonyl (C=O) groups is 1. The van der Waals surface area contributed by atoms with Gasteiger partial charge in [-0.3, -0.25) is 10.1 Å². The maximum atomic E-state index is 10.7. The van der Waals surface area contributed by atoms with E-state index in [4.69, 9.17) is 9.63 Å². The van der Waals surface area contributed by atoms with E-state index in [0.29, 0.717) is 12.3 Å². The van der Waals surface area contributed by atoms with Crippen LogP contribution in [0.4, 0.5) is 5.69 Å². The topological polar surface area (TPSA) is 111 Å². The maximum absolute atomic E-state index is 10.7. The minimum atomic E-state index is -1.15. The standard InChI is InChI=1S/C13H9N3O5/c17-13(18)11-6-10(21-14-11)7-15-4-3-8-5-9(16(19)20)1-2-12(8)15/h1-6H,7H2,(H,17,18). The fourth-order valence-electron chi connectivity index (χ4n) is 2.10. The van der Waals surface area contributed by atoms with Crippen LogP contribution in [0.1, 0.15) is 16.2 Å². The quantitative estimate of drug-likeness (QED) is 0.582. The van der Waals surface area contributed by atoms with Crippen molar-refractivity contribution in [2.24, 2.45) is 0 Å². The molecule has 0 atom stereocenters. The van der Waals surface area contributed by atoms with E-state index >= 15 is 0 Å². The van der Waals surface area contributed by atoms with Gasteiger partial charge in [-0.25, -0.2) is 4.79 Å².